The van der Waals surface area contributed by atoms with E-state index in [9.17, 15) is 19.7 Å². The largest absolute Gasteiger partial charge is 0.455 e. The summed E-state index contributed by atoms with van der Waals surface area (Å²) in [4.78, 5) is 41.2. The lowest BCUT2D eigenvalue weighted by Gasteiger charge is -2.18. The number of ether oxygens (including phenoxy) is 1. The lowest BCUT2D eigenvalue weighted by atomic mass is 10.1. The second-order valence-electron chi connectivity index (χ2n) is 6.81. The number of non-ortho nitro benzene ring substituents is 1. The third kappa shape index (κ3) is 5.09. The number of aryl methyl sites for hydroxylation is 1. The number of amides is 1. The molecular weight excluding hydrogens is 432 g/mol. The van der Waals surface area contributed by atoms with Crippen molar-refractivity contribution >= 4 is 45.4 Å². The number of benzene rings is 2. The molecule has 1 heterocycles. The first-order valence-electron chi connectivity index (χ1n) is 9.81. The van der Waals surface area contributed by atoms with Gasteiger partial charge in [-0.1, -0.05) is 19.1 Å². The minimum atomic E-state index is -0.717. The number of esters is 1. The van der Waals surface area contributed by atoms with Crippen LogP contribution in [-0.2, 0) is 22.6 Å². The van der Waals surface area contributed by atoms with Crippen molar-refractivity contribution in [3.63, 3.8) is 0 Å². The Hall–Kier alpha value is -3.79. The maximum Gasteiger partial charge on any atom is 0.340 e. The van der Waals surface area contributed by atoms with Gasteiger partial charge >= 0.3 is 5.97 Å². The molecule has 0 saturated heterocycles. The van der Waals surface area contributed by atoms with Gasteiger partial charge < -0.3 is 10.1 Å². The molecule has 1 amide bonds. The molecular formula is C22H22N4O5S. The van der Waals surface area contributed by atoms with Crippen molar-refractivity contribution in [2.75, 3.05) is 17.3 Å². The topological polar surface area (TPSA) is 115 Å². The molecule has 1 N–H and O–H groups in total. The Morgan fingerprint density at radius 2 is 1.94 bits per heavy atom. The molecule has 166 valence electrons. The van der Waals surface area contributed by atoms with Gasteiger partial charge in [-0.3, -0.25) is 19.8 Å². The summed E-state index contributed by atoms with van der Waals surface area (Å²) >= 11 is 1.25. The number of hydrogen-bond acceptors (Lipinski definition) is 8. The molecule has 1 aromatic heterocycles. The third-order valence-electron chi connectivity index (χ3n) is 4.70. The Bertz CT molecular complexity index is 1140. The van der Waals surface area contributed by atoms with E-state index in [1.54, 1.807) is 12.4 Å². The molecule has 0 bridgehead atoms. The first-order valence-corrected chi connectivity index (χ1v) is 10.7. The van der Waals surface area contributed by atoms with Crippen LogP contribution < -0.4 is 10.2 Å². The number of carbonyl (C=O) groups excluding carboxylic acids is 2. The van der Waals surface area contributed by atoms with Gasteiger partial charge in [0.25, 0.3) is 5.69 Å². The molecule has 3 rings (SSSR count). The van der Waals surface area contributed by atoms with Gasteiger partial charge in [0.15, 0.2) is 5.13 Å². The van der Waals surface area contributed by atoms with Gasteiger partial charge in [-0.05, 0) is 30.2 Å². The van der Waals surface area contributed by atoms with E-state index in [2.05, 4.69) is 17.2 Å². The SMILES string of the molecule is CCc1ccc(N(C(C)=O)c2nc(COC(=O)c3cc([N+](=O)[O-])ccc3NC)cs2)cc1. The fraction of sp³-hybridized carbons (Fsp3) is 0.227. The van der Waals surface area contributed by atoms with E-state index in [0.717, 1.165) is 18.1 Å². The summed E-state index contributed by atoms with van der Waals surface area (Å²) in [6.45, 7) is 3.37. The van der Waals surface area contributed by atoms with E-state index in [1.165, 1.54) is 35.3 Å². The Labute approximate surface area is 188 Å². The van der Waals surface area contributed by atoms with Gasteiger partial charge in [-0.25, -0.2) is 9.78 Å². The van der Waals surface area contributed by atoms with Crippen LogP contribution in [0.2, 0.25) is 0 Å². The zero-order valence-electron chi connectivity index (χ0n) is 17.8. The second kappa shape index (κ2) is 10.0. The smallest absolute Gasteiger partial charge is 0.340 e. The number of thiazole rings is 1. The minimum absolute atomic E-state index is 0.0542. The Kier molecular flexibility index (Phi) is 7.16. The molecule has 32 heavy (non-hydrogen) atoms. The van der Waals surface area contributed by atoms with Crippen LogP contribution in [0.25, 0.3) is 0 Å². The Morgan fingerprint density at radius 1 is 1.22 bits per heavy atom. The van der Waals surface area contributed by atoms with Gasteiger partial charge in [-0.15, -0.1) is 11.3 Å². The summed E-state index contributed by atoms with van der Waals surface area (Å²) in [6.07, 6.45) is 0.896. The quantitative estimate of drug-likeness (QED) is 0.298. The van der Waals surface area contributed by atoms with E-state index in [0.29, 0.717) is 22.2 Å². The standard InChI is InChI=1S/C22H22N4O5S/c1-4-15-5-7-17(8-6-15)25(14(2)27)22-24-16(13-32-22)12-31-21(28)19-11-18(26(29)30)9-10-20(19)23-3/h5-11,13,23H,4,12H2,1-3H3. The van der Waals surface area contributed by atoms with E-state index in [-0.39, 0.29) is 23.8 Å². The van der Waals surface area contributed by atoms with Crippen LogP contribution in [0.15, 0.2) is 47.8 Å². The summed E-state index contributed by atoms with van der Waals surface area (Å²) in [7, 11) is 1.61. The van der Waals surface area contributed by atoms with Crippen LogP contribution >= 0.6 is 11.3 Å². The highest BCUT2D eigenvalue weighted by Crippen LogP contribution is 2.30. The number of hydrogen-bond donors (Lipinski definition) is 1. The van der Waals surface area contributed by atoms with E-state index in [1.807, 2.05) is 24.3 Å². The molecule has 0 spiro atoms. The molecule has 0 atom stereocenters. The molecule has 0 radical (unpaired) electrons. The second-order valence-corrected chi connectivity index (χ2v) is 7.65. The van der Waals surface area contributed by atoms with Crippen molar-refractivity contribution in [2.45, 2.75) is 26.9 Å². The molecule has 9 nitrogen and oxygen atoms in total. The number of carbonyl (C=O) groups is 2. The van der Waals surface area contributed by atoms with Gasteiger partial charge in [-0.2, -0.15) is 0 Å². The summed E-state index contributed by atoms with van der Waals surface area (Å²) < 4.78 is 5.32. The van der Waals surface area contributed by atoms with Crippen LogP contribution in [0, 0.1) is 10.1 Å². The van der Waals surface area contributed by atoms with E-state index >= 15 is 0 Å². The van der Waals surface area contributed by atoms with Crippen molar-refractivity contribution in [3.8, 4) is 0 Å². The molecule has 10 heteroatoms. The normalized spacial score (nSPS) is 10.5. The van der Waals surface area contributed by atoms with Crippen LogP contribution in [0.5, 0.6) is 0 Å². The maximum atomic E-state index is 12.5. The monoisotopic (exact) mass is 454 g/mol. The van der Waals surface area contributed by atoms with Crippen molar-refractivity contribution in [2.24, 2.45) is 0 Å². The minimum Gasteiger partial charge on any atom is -0.455 e. The van der Waals surface area contributed by atoms with Crippen molar-refractivity contribution in [1.29, 1.82) is 0 Å². The molecule has 0 fully saturated rings. The highest BCUT2D eigenvalue weighted by molar-refractivity contribution is 7.14. The van der Waals surface area contributed by atoms with Gasteiger partial charge in [0.1, 0.15) is 6.61 Å². The Balaban J connectivity index is 1.76. The van der Waals surface area contributed by atoms with Crippen molar-refractivity contribution in [1.82, 2.24) is 4.98 Å². The molecule has 0 aliphatic heterocycles. The average Bonchev–Trinajstić information content (AvgIpc) is 3.25. The van der Waals surface area contributed by atoms with Gasteiger partial charge in [0, 0.05) is 37.2 Å². The summed E-state index contributed by atoms with van der Waals surface area (Å²) in [6, 6.07) is 11.6. The number of nitrogens with one attached hydrogen (secondary N) is 1. The molecule has 3 aromatic rings. The van der Waals surface area contributed by atoms with Crippen molar-refractivity contribution in [3.05, 3.63) is 74.8 Å². The first-order chi connectivity index (χ1) is 15.3. The summed E-state index contributed by atoms with van der Waals surface area (Å²) in [5, 5.41) is 16.0. The van der Waals surface area contributed by atoms with Crippen LogP contribution in [0.4, 0.5) is 22.2 Å². The van der Waals surface area contributed by atoms with Crippen molar-refractivity contribution < 1.29 is 19.2 Å². The summed E-state index contributed by atoms with van der Waals surface area (Å²) in [5.74, 6) is -0.909. The molecule has 0 unspecified atom stereocenters. The third-order valence-corrected chi connectivity index (χ3v) is 5.58. The van der Waals surface area contributed by atoms with Crippen LogP contribution in [-0.4, -0.2) is 28.8 Å². The molecule has 0 aliphatic rings. The zero-order chi connectivity index (χ0) is 23.3. The number of nitrogens with zero attached hydrogens (tertiary/aromatic N) is 3. The fourth-order valence-electron chi connectivity index (χ4n) is 3.02. The number of rotatable bonds is 8. The van der Waals surface area contributed by atoms with E-state index in [4.69, 9.17) is 4.74 Å². The maximum absolute atomic E-state index is 12.5. The van der Waals surface area contributed by atoms with Crippen LogP contribution in [0.1, 0.15) is 35.5 Å². The highest BCUT2D eigenvalue weighted by Gasteiger charge is 2.20. The van der Waals surface area contributed by atoms with Gasteiger partial charge in [0.2, 0.25) is 5.91 Å². The Morgan fingerprint density at radius 3 is 2.53 bits per heavy atom. The lowest BCUT2D eigenvalue weighted by molar-refractivity contribution is -0.384. The predicted molar refractivity (Wildman–Crippen MR) is 123 cm³/mol. The fourth-order valence-corrected chi connectivity index (χ4v) is 3.89. The average molecular weight is 455 g/mol. The molecule has 0 aliphatic carbocycles. The predicted octanol–water partition coefficient (Wildman–Crippen LogP) is 4.70. The zero-order valence-corrected chi connectivity index (χ0v) is 18.6. The number of aromatic nitrogens is 1. The number of anilines is 3. The number of nitro benzene ring substituents is 1. The van der Waals surface area contributed by atoms with E-state index < -0.39 is 10.9 Å². The van der Waals surface area contributed by atoms with Gasteiger partial charge in [0.05, 0.1) is 21.9 Å². The summed E-state index contributed by atoms with van der Waals surface area (Å²) in [5.41, 5.74) is 2.58. The lowest BCUT2D eigenvalue weighted by Crippen LogP contribution is -2.22. The first kappa shape index (κ1) is 22.9. The number of nitro groups is 1. The molecule has 2 aromatic carbocycles. The van der Waals surface area contributed by atoms with Crippen LogP contribution in [0.3, 0.4) is 0 Å². The highest BCUT2D eigenvalue weighted by atomic mass is 32.1. The molecule has 0 saturated carbocycles.